The average Bonchev–Trinajstić information content (AvgIpc) is 2.53. The molecule has 0 bridgehead atoms. The molecular formula is C12H19NO2. The van der Waals surface area contributed by atoms with Crippen molar-refractivity contribution < 1.29 is 9.90 Å². The molecule has 0 aromatic rings. The molecular weight excluding hydrogens is 190 g/mol. The molecule has 1 saturated carbocycles. The van der Waals surface area contributed by atoms with Crippen LogP contribution in [0.3, 0.4) is 0 Å². The number of carbonyl (C=O) groups is 1. The minimum atomic E-state index is -0.711. The van der Waals surface area contributed by atoms with E-state index in [1.807, 2.05) is 0 Å². The normalized spacial score (nSPS) is 38.1. The fourth-order valence-electron chi connectivity index (χ4n) is 3.34. The Labute approximate surface area is 90.3 Å². The van der Waals surface area contributed by atoms with Crippen LogP contribution < -0.4 is 5.73 Å². The molecule has 3 nitrogen and oxygen atoms in total. The van der Waals surface area contributed by atoms with Gasteiger partial charge in [-0.25, -0.2) is 0 Å². The summed E-state index contributed by atoms with van der Waals surface area (Å²) < 4.78 is 0. The predicted molar refractivity (Wildman–Crippen MR) is 58.3 cm³/mol. The van der Waals surface area contributed by atoms with Gasteiger partial charge < -0.3 is 10.8 Å². The van der Waals surface area contributed by atoms with E-state index < -0.39 is 5.97 Å². The van der Waals surface area contributed by atoms with Gasteiger partial charge in [0, 0.05) is 0 Å². The largest absolute Gasteiger partial charge is 0.481 e. The molecule has 15 heavy (non-hydrogen) atoms. The molecule has 0 aliphatic heterocycles. The SMILES string of the molecule is CCC1=C[C@H]2[C@H](C1)C[C@@]2(CN)CC(=O)O. The van der Waals surface area contributed by atoms with E-state index in [0.717, 1.165) is 12.8 Å². The molecule has 0 unspecified atom stereocenters. The standard InChI is InChI=1S/C12H19NO2/c1-2-8-3-9-5-12(7-13,6-11(14)15)10(9)4-8/h4,9-10H,2-3,5-7,13H2,1H3,(H,14,15)/t9-,10+,12+/m1/s1. The minimum absolute atomic E-state index is 0.132. The number of nitrogens with two attached hydrogens (primary N) is 1. The summed E-state index contributed by atoms with van der Waals surface area (Å²) in [5.74, 6) is 0.411. The van der Waals surface area contributed by atoms with Gasteiger partial charge in [0.2, 0.25) is 0 Å². The van der Waals surface area contributed by atoms with E-state index in [0.29, 0.717) is 18.4 Å². The third kappa shape index (κ3) is 1.59. The second kappa shape index (κ2) is 3.63. The van der Waals surface area contributed by atoms with Crippen LogP contribution in [0.15, 0.2) is 11.6 Å². The van der Waals surface area contributed by atoms with Crippen LogP contribution in [0.4, 0.5) is 0 Å². The first kappa shape index (κ1) is 10.7. The van der Waals surface area contributed by atoms with E-state index >= 15 is 0 Å². The van der Waals surface area contributed by atoms with E-state index in [2.05, 4.69) is 13.0 Å². The van der Waals surface area contributed by atoms with Gasteiger partial charge in [-0.2, -0.15) is 0 Å². The van der Waals surface area contributed by atoms with Gasteiger partial charge in [-0.3, -0.25) is 4.79 Å². The molecule has 0 aromatic heterocycles. The lowest BCUT2D eigenvalue weighted by atomic mass is 9.53. The van der Waals surface area contributed by atoms with Gasteiger partial charge in [0.1, 0.15) is 0 Å². The summed E-state index contributed by atoms with van der Waals surface area (Å²) in [5, 5.41) is 8.91. The first-order valence-corrected chi connectivity index (χ1v) is 5.72. The van der Waals surface area contributed by atoms with Crippen molar-refractivity contribution in [3.05, 3.63) is 11.6 Å². The van der Waals surface area contributed by atoms with E-state index in [9.17, 15) is 4.79 Å². The molecule has 3 atom stereocenters. The zero-order chi connectivity index (χ0) is 11.1. The zero-order valence-corrected chi connectivity index (χ0v) is 9.20. The Morgan fingerprint density at radius 3 is 3.00 bits per heavy atom. The molecule has 1 fully saturated rings. The van der Waals surface area contributed by atoms with Crippen LogP contribution in [0, 0.1) is 17.3 Å². The van der Waals surface area contributed by atoms with Gasteiger partial charge in [-0.1, -0.05) is 18.6 Å². The molecule has 0 radical (unpaired) electrons. The summed E-state index contributed by atoms with van der Waals surface area (Å²) in [5.41, 5.74) is 7.13. The Kier molecular flexibility index (Phi) is 2.59. The fraction of sp³-hybridized carbons (Fsp3) is 0.750. The zero-order valence-electron chi connectivity index (χ0n) is 9.20. The lowest BCUT2D eigenvalue weighted by Crippen LogP contribution is -2.51. The molecule has 2 aliphatic rings. The fourth-order valence-corrected chi connectivity index (χ4v) is 3.34. The van der Waals surface area contributed by atoms with Crippen molar-refractivity contribution in [3.8, 4) is 0 Å². The predicted octanol–water partition coefficient (Wildman–Crippen LogP) is 1.78. The number of rotatable bonds is 4. The van der Waals surface area contributed by atoms with Crippen molar-refractivity contribution in [2.24, 2.45) is 23.0 Å². The topological polar surface area (TPSA) is 63.3 Å². The van der Waals surface area contributed by atoms with Crippen molar-refractivity contribution in [2.45, 2.75) is 32.6 Å². The van der Waals surface area contributed by atoms with Crippen molar-refractivity contribution in [2.75, 3.05) is 6.54 Å². The Morgan fingerprint density at radius 1 is 1.73 bits per heavy atom. The average molecular weight is 209 g/mol. The Hall–Kier alpha value is -0.830. The Bertz CT molecular complexity index is 311. The number of hydrogen-bond donors (Lipinski definition) is 2. The van der Waals surface area contributed by atoms with Gasteiger partial charge in [0.15, 0.2) is 0 Å². The second-order valence-corrected chi connectivity index (χ2v) is 5.01. The van der Waals surface area contributed by atoms with E-state index in [-0.39, 0.29) is 11.8 Å². The van der Waals surface area contributed by atoms with Gasteiger partial charge >= 0.3 is 5.97 Å². The maximum Gasteiger partial charge on any atom is 0.303 e. The highest BCUT2D eigenvalue weighted by molar-refractivity contribution is 5.68. The maximum atomic E-state index is 10.8. The number of carboxylic acids is 1. The summed E-state index contributed by atoms with van der Waals surface area (Å²) in [6, 6.07) is 0. The number of fused-ring (bicyclic) bond motifs is 1. The van der Waals surface area contributed by atoms with Crippen LogP contribution in [0.2, 0.25) is 0 Å². The number of hydrogen-bond acceptors (Lipinski definition) is 2. The lowest BCUT2D eigenvalue weighted by molar-refractivity contribution is -0.144. The smallest absolute Gasteiger partial charge is 0.303 e. The number of carboxylic acid groups (broad SMARTS) is 1. The molecule has 3 N–H and O–H groups in total. The summed E-state index contributed by atoms with van der Waals surface area (Å²) in [4.78, 5) is 10.8. The van der Waals surface area contributed by atoms with E-state index in [4.69, 9.17) is 10.8 Å². The molecule has 84 valence electrons. The van der Waals surface area contributed by atoms with Crippen molar-refractivity contribution in [1.82, 2.24) is 0 Å². The van der Waals surface area contributed by atoms with Crippen LogP contribution in [-0.4, -0.2) is 17.6 Å². The summed E-state index contributed by atoms with van der Waals surface area (Å²) in [6.07, 6.45) is 5.80. The van der Waals surface area contributed by atoms with Gasteiger partial charge in [-0.05, 0) is 43.1 Å². The first-order chi connectivity index (χ1) is 7.11. The third-order valence-corrected chi connectivity index (χ3v) is 4.19. The molecule has 0 saturated heterocycles. The van der Waals surface area contributed by atoms with Crippen molar-refractivity contribution in [1.29, 1.82) is 0 Å². The van der Waals surface area contributed by atoms with Gasteiger partial charge in [0.05, 0.1) is 6.42 Å². The highest BCUT2D eigenvalue weighted by Gasteiger charge is 2.54. The number of allylic oxidation sites excluding steroid dienone is 2. The molecule has 0 heterocycles. The quantitative estimate of drug-likeness (QED) is 0.694. The van der Waals surface area contributed by atoms with Gasteiger partial charge in [-0.15, -0.1) is 0 Å². The highest BCUT2D eigenvalue weighted by atomic mass is 16.4. The van der Waals surface area contributed by atoms with Crippen LogP contribution in [0.25, 0.3) is 0 Å². The van der Waals surface area contributed by atoms with Crippen molar-refractivity contribution >= 4 is 5.97 Å². The molecule has 3 heteroatoms. The molecule has 0 spiro atoms. The second-order valence-electron chi connectivity index (χ2n) is 5.01. The lowest BCUT2D eigenvalue weighted by Gasteiger charge is -2.51. The van der Waals surface area contributed by atoms with Crippen LogP contribution in [0.5, 0.6) is 0 Å². The third-order valence-electron chi connectivity index (χ3n) is 4.19. The van der Waals surface area contributed by atoms with Crippen LogP contribution in [0.1, 0.15) is 32.6 Å². The monoisotopic (exact) mass is 209 g/mol. The Balaban J connectivity index is 2.11. The number of aliphatic carboxylic acids is 1. The molecule has 0 aromatic carbocycles. The summed E-state index contributed by atoms with van der Waals surface area (Å²) >= 11 is 0. The molecule has 0 amide bonds. The minimum Gasteiger partial charge on any atom is -0.481 e. The van der Waals surface area contributed by atoms with Gasteiger partial charge in [0.25, 0.3) is 0 Å². The van der Waals surface area contributed by atoms with Crippen LogP contribution in [-0.2, 0) is 4.79 Å². The first-order valence-electron chi connectivity index (χ1n) is 5.72. The van der Waals surface area contributed by atoms with E-state index in [1.54, 1.807) is 0 Å². The highest BCUT2D eigenvalue weighted by Crippen LogP contribution is 2.59. The van der Waals surface area contributed by atoms with E-state index in [1.165, 1.54) is 12.0 Å². The van der Waals surface area contributed by atoms with Crippen LogP contribution >= 0.6 is 0 Å². The maximum absolute atomic E-state index is 10.8. The summed E-state index contributed by atoms with van der Waals surface area (Å²) in [7, 11) is 0. The summed E-state index contributed by atoms with van der Waals surface area (Å²) in [6.45, 7) is 2.67. The Morgan fingerprint density at radius 2 is 2.47 bits per heavy atom. The molecule has 2 rings (SSSR count). The van der Waals surface area contributed by atoms with Crippen molar-refractivity contribution in [3.63, 3.8) is 0 Å². The molecule has 2 aliphatic carbocycles.